The number of ether oxygens (including phenoxy) is 1. The van der Waals surface area contributed by atoms with Gasteiger partial charge < -0.3 is 14.9 Å². The maximum atomic E-state index is 11.6. The average molecular weight is 572 g/mol. The number of hydrogen-bond acceptors (Lipinski definition) is 4. The molecule has 0 fully saturated rings. The van der Waals surface area contributed by atoms with Crippen molar-refractivity contribution >= 4 is 11.9 Å². The zero-order chi connectivity index (χ0) is 30.3. The predicted molar refractivity (Wildman–Crippen MR) is 166 cm³/mol. The van der Waals surface area contributed by atoms with Crippen molar-refractivity contribution < 1.29 is 24.5 Å². The molecule has 0 saturated heterocycles. The second-order valence-electron chi connectivity index (χ2n) is 12.5. The topological polar surface area (TPSA) is 87.1 Å². The Morgan fingerprint density at radius 1 is 0.976 bits per heavy atom. The maximum absolute atomic E-state index is 11.6. The molecule has 0 aliphatic heterocycles. The van der Waals surface area contributed by atoms with E-state index in [0.29, 0.717) is 12.0 Å². The summed E-state index contributed by atoms with van der Waals surface area (Å²) in [6, 6.07) is 22.6. The Balaban J connectivity index is 1.50. The predicted octanol–water partition coefficient (Wildman–Crippen LogP) is 8.00. The molecule has 3 aromatic rings. The van der Waals surface area contributed by atoms with Crippen molar-refractivity contribution in [1.82, 2.24) is 4.90 Å². The van der Waals surface area contributed by atoms with Crippen LogP contribution in [0.1, 0.15) is 110 Å². The molecule has 0 heterocycles. The fourth-order valence-corrected chi connectivity index (χ4v) is 5.92. The standard InChI is InChI=1S/C36H45NO5/c1-25(26-15-18-30(19-16-26)36(2,3)4)42-33-13-6-5-10-27(33)21-23-37(22-8-7-14-34(38)39)32-12-9-11-28-24-29(35(40)41)17-20-31(28)32/h5-6,10,13,15-20,24-25,32H,7-9,11-12,14,21-23H2,1-4H3,(H,38,39)(H,40,41)/t25-,32?/m0/s1. The number of para-hydroxylation sites is 1. The average Bonchev–Trinajstić information content (AvgIpc) is 2.96. The third-order valence-corrected chi connectivity index (χ3v) is 8.39. The van der Waals surface area contributed by atoms with Crippen LogP contribution in [0.4, 0.5) is 0 Å². The summed E-state index contributed by atoms with van der Waals surface area (Å²) in [6.45, 7) is 10.3. The largest absolute Gasteiger partial charge is 0.486 e. The zero-order valence-corrected chi connectivity index (χ0v) is 25.4. The van der Waals surface area contributed by atoms with Gasteiger partial charge in [0.05, 0.1) is 5.56 Å². The molecule has 42 heavy (non-hydrogen) atoms. The minimum atomic E-state index is -0.901. The molecule has 0 spiro atoms. The van der Waals surface area contributed by atoms with Crippen molar-refractivity contribution in [1.29, 1.82) is 0 Å². The first kappa shape index (κ1) is 31.3. The Morgan fingerprint density at radius 3 is 2.40 bits per heavy atom. The van der Waals surface area contributed by atoms with E-state index in [0.717, 1.165) is 67.6 Å². The number of rotatable bonds is 13. The molecule has 2 atom stereocenters. The summed E-state index contributed by atoms with van der Waals surface area (Å²) in [7, 11) is 0. The molecule has 4 rings (SSSR count). The van der Waals surface area contributed by atoms with Gasteiger partial charge in [-0.1, -0.05) is 69.3 Å². The van der Waals surface area contributed by atoms with Crippen LogP contribution < -0.4 is 4.74 Å². The first-order chi connectivity index (χ1) is 20.0. The van der Waals surface area contributed by atoms with Gasteiger partial charge in [-0.15, -0.1) is 0 Å². The smallest absolute Gasteiger partial charge is 0.335 e. The van der Waals surface area contributed by atoms with E-state index in [1.807, 2.05) is 30.3 Å². The third-order valence-electron chi connectivity index (χ3n) is 8.39. The lowest BCUT2D eigenvalue weighted by Gasteiger charge is -2.36. The molecular formula is C36H45NO5. The van der Waals surface area contributed by atoms with Gasteiger partial charge in [0.15, 0.2) is 0 Å². The maximum Gasteiger partial charge on any atom is 0.335 e. The van der Waals surface area contributed by atoms with Crippen LogP contribution in [0.15, 0.2) is 66.7 Å². The first-order valence-electron chi connectivity index (χ1n) is 15.2. The lowest BCUT2D eigenvalue weighted by atomic mass is 9.85. The molecule has 1 unspecified atom stereocenters. The normalized spacial score (nSPS) is 15.7. The highest BCUT2D eigenvalue weighted by molar-refractivity contribution is 5.88. The summed E-state index contributed by atoms with van der Waals surface area (Å²) >= 11 is 0. The van der Waals surface area contributed by atoms with Gasteiger partial charge >= 0.3 is 11.9 Å². The summed E-state index contributed by atoms with van der Waals surface area (Å²) in [5, 5.41) is 18.6. The Hall–Kier alpha value is -3.64. The van der Waals surface area contributed by atoms with E-state index in [2.05, 4.69) is 62.9 Å². The number of carbonyl (C=O) groups is 2. The molecule has 6 heteroatoms. The highest BCUT2D eigenvalue weighted by atomic mass is 16.5. The molecule has 2 N–H and O–H groups in total. The molecule has 0 bridgehead atoms. The number of aryl methyl sites for hydroxylation is 1. The van der Waals surface area contributed by atoms with Crippen LogP contribution in [-0.2, 0) is 23.1 Å². The number of benzene rings is 3. The second-order valence-corrected chi connectivity index (χ2v) is 12.5. The third kappa shape index (κ3) is 8.22. The van der Waals surface area contributed by atoms with Crippen LogP contribution in [0.5, 0.6) is 5.75 Å². The number of fused-ring (bicyclic) bond motifs is 1. The van der Waals surface area contributed by atoms with Crippen molar-refractivity contribution in [3.63, 3.8) is 0 Å². The Labute approximate surface area is 250 Å². The molecule has 224 valence electrons. The van der Waals surface area contributed by atoms with E-state index < -0.39 is 11.9 Å². The quantitative estimate of drug-likeness (QED) is 0.202. The molecule has 1 aliphatic carbocycles. The van der Waals surface area contributed by atoms with Gasteiger partial charge in [-0.2, -0.15) is 0 Å². The van der Waals surface area contributed by atoms with Gasteiger partial charge in [0.1, 0.15) is 11.9 Å². The highest BCUT2D eigenvalue weighted by Crippen LogP contribution is 2.36. The van der Waals surface area contributed by atoms with Gasteiger partial charge in [0.2, 0.25) is 0 Å². The SMILES string of the molecule is C[C@H](Oc1ccccc1CCN(CCCCC(=O)O)C1CCCc2cc(C(=O)O)ccc21)c1ccc(C(C)(C)C)cc1. The van der Waals surface area contributed by atoms with Gasteiger partial charge in [-0.25, -0.2) is 4.79 Å². The minimum Gasteiger partial charge on any atom is -0.486 e. The van der Waals surface area contributed by atoms with Gasteiger partial charge in [-0.05, 0) is 103 Å². The molecule has 1 aliphatic rings. The van der Waals surface area contributed by atoms with E-state index >= 15 is 0 Å². The summed E-state index contributed by atoms with van der Waals surface area (Å²) < 4.78 is 6.51. The van der Waals surface area contributed by atoms with Crippen molar-refractivity contribution in [2.45, 2.75) is 90.2 Å². The van der Waals surface area contributed by atoms with E-state index in [9.17, 15) is 14.7 Å². The number of aromatic carboxylic acids is 1. The van der Waals surface area contributed by atoms with Crippen LogP contribution in [0.3, 0.4) is 0 Å². The number of nitrogens with zero attached hydrogens (tertiary/aromatic N) is 1. The van der Waals surface area contributed by atoms with Gasteiger partial charge in [0.25, 0.3) is 0 Å². The first-order valence-corrected chi connectivity index (χ1v) is 15.2. The Morgan fingerprint density at radius 2 is 1.71 bits per heavy atom. The molecular weight excluding hydrogens is 526 g/mol. The minimum absolute atomic E-state index is 0.0963. The van der Waals surface area contributed by atoms with Crippen LogP contribution in [0, 0.1) is 0 Å². The molecule has 0 radical (unpaired) electrons. The number of hydrogen-bond donors (Lipinski definition) is 2. The van der Waals surface area contributed by atoms with Crippen molar-refractivity contribution in [3.8, 4) is 5.75 Å². The van der Waals surface area contributed by atoms with E-state index in [-0.39, 0.29) is 24.0 Å². The van der Waals surface area contributed by atoms with Crippen molar-refractivity contribution in [2.75, 3.05) is 13.1 Å². The Kier molecular flexibility index (Phi) is 10.4. The summed E-state index contributed by atoms with van der Waals surface area (Å²) in [5.74, 6) is -0.786. The number of carboxylic acids is 2. The zero-order valence-electron chi connectivity index (χ0n) is 25.4. The summed E-state index contributed by atoms with van der Waals surface area (Å²) in [4.78, 5) is 25.2. The van der Waals surface area contributed by atoms with Gasteiger partial charge in [-0.3, -0.25) is 9.69 Å². The highest BCUT2D eigenvalue weighted by Gasteiger charge is 2.27. The summed E-state index contributed by atoms with van der Waals surface area (Å²) in [6.07, 6.45) is 5.17. The number of aliphatic carboxylic acids is 1. The molecule has 0 amide bonds. The molecule has 3 aromatic carbocycles. The van der Waals surface area contributed by atoms with E-state index in [1.54, 1.807) is 6.07 Å². The van der Waals surface area contributed by atoms with Crippen molar-refractivity contribution in [2.24, 2.45) is 0 Å². The molecule has 0 aromatic heterocycles. The number of carboxylic acid groups (broad SMARTS) is 2. The van der Waals surface area contributed by atoms with Crippen LogP contribution >= 0.6 is 0 Å². The van der Waals surface area contributed by atoms with Crippen LogP contribution in [0.2, 0.25) is 0 Å². The fourth-order valence-electron chi connectivity index (χ4n) is 5.92. The monoisotopic (exact) mass is 571 g/mol. The lowest BCUT2D eigenvalue weighted by Crippen LogP contribution is -2.34. The molecule has 0 saturated carbocycles. The van der Waals surface area contributed by atoms with Gasteiger partial charge in [0, 0.05) is 19.0 Å². The van der Waals surface area contributed by atoms with Crippen LogP contribution in [0.25, 0.3) is 0 Å². The molecule has 6 nitrogen and oxygen atoms in total. The van der Waals surface area contributed by atoms with E-state index in [4.69, 9.17) is 9.84 Å². The lowest BCUT2D eigenvalue weighted by molar-refractivity contribution is -0.137. The fraction of sp³-hybridized carbons (Fsp3) is 0.444. The number of unbranched alkanes of at least 4 members (excludes halogenated alkanes) is 1. The summed E-state index contributed by atoms with van der Waals surface area (Å²) in [5.41, 5.74) is 6.31. The van der Waals surface area contributed by atoms with E-state index in [1.165, 1.54) is 11.1 Å². The Bertz CT molecular complexity index is 1360. The van der Waals surface area contributed by atoms with Crippen molar-refractivity contribution in [3.05, 3.63) is 100 Å². The second kappa shape index (κ2) is 14.0. The van der Waals surface area contributed by atoms with Crippen LogP contribution in [-0.4, -0.2) is 40.1 Å².